The summed E-state index contributed by atoms with van der Waals surface area (Å²) in [6.07, 6.45) is 0.893. The molecule has 0 aliphatic carbocycles. The molecule has 0 atom stereocenters. The highest BCUT2D eigenvalue weighted by Gasteiger charge is 2.16. The monoisotopic (exact) mass is 372 g/mol. The number of hydrogen-bond donors (Lipinski definition) is 1. The minimum atomic E-state index is -0.102. The molecule has 0 unspecified atom stereocenters. The van der Waals surface area contributed by atoms with Crippen molar-refractivity contribution in [3.8, 4) is 17.2 Å². The Morgan fingerprint density at radius 3 is 2.11 bits per heavy atom. The van der Waals surface area contributed by atoms with Crippen LogP contribution in [0, 0.1) is 0 Å². The Kier molecular flexibility index (Phi) is 7.79. The molecule has 2 amide bonds. The number of benzene rings is 2. The Labute approximate surface area is 161 Å². The van der Waals surface area contributed by atoms with E-state index in [1.54, 1.807) is 21.3 Å². The number of urea groups is 1. The Morgan fingerprint density at radius 1 is 0.963 bits per heavy atom. The van der Waals surface area contributed by atoms with Gasteiger partial charge >= 0.3 is 6.03 Å². The van der Waals surface area contributed by atoms with Gasteiger partial charge in [0.05, 0.1) is 21.3 Å². The maximum absolute atomic E-state index is 12.7. The van der Waals surface area contributed by atoms with Crippen molar-refractivity contribution < 1.29 is 19.0 Å². The zero-order chi connectivity index (χ0) is 19.6. The first kappa shape index (κ1) is 20.4. The third-order valence-corrected chi connectivity index (χ3v) is 4.17. The molecule has 27 heavy (non-hydrogen) atoms. The molecular weight excluding hydrogens is 344 g/mol. The van der Waals surface area contributed by atoms with Crippen molar-refractivity contribution in [2.24, 2.45) is 0 Å². The van der Waals surface area contributed by atoms with Crippen LogP contribution in [0.2, 0.25) is 0 Å². The standard InChI is InChI=1S/C21H28N2O4/c1-5-11-23(15-16-9-7-6-8-10-16)21(24)22-14-17-12-18(25-2)20(27-4)19(13-17)26-3/h6-10,12-13H,5,11,14-15H2,1-4H3,(H,22,24). The number of methoxy groups -OCH3 is 3. The van der Waals surface area contributed by atoms with E-state index >= 15 is 0 Å². The largest absolute Gasteiger partial charge is 0.493 e. The van der Waals surface area contributed by atoms with Crippen LogP contribution >= 0.6 is 0 Å². The van der Waals surface area contributed by atoms with Crippen molar-refractivity contribution in [1.29, 1.82) is 0 Å². The molecule has 0 saturated carbocycles. The lowest BCUT2D eigenvalue weighted by atomic mass is 10.1. The molecule has 0 radical (unpaired) electrons. The van der Waals surface area contributed by atoms with E-state index in [0.29, 0.717) is 36.9 Å². The molecule has 0 bridgehead atoms. The first-order valence-corrected chi connectivity index (χ1v) is 8.98. The SMILES string of the molecule is CCCN(Cc1ccccc1)C(=O)NCc1cc(OC)c(OC)c(OC)c1. The van der Waals surface area contributed by atoms with E-state index in [1.165, 1.54) is 0 Å². The predicted octanol–water partition coefficient (Wildman–Crippen LogP) is 3.83. The predicted molar refractivity (Wildman–Crippen MR) is 105 cm³/mol. The summed E-state index contributed by atoms with van der Waals surface area (Å²) in [5, 5.41) is 2.98. The van der Waals surface area contributed by atoms with E-state index in [1.807, 2.05) is 47.4 Å². The molecule has 2 aromatic carbocycles. The van der Waals surface area contributed by atoms with E-state index in [2.05, 4.69) is 12.2 Å². The van der Waals surface area contributed by atoms with Crippen LogP contribution in [0.4, 0.5) is 4.79 Å². The first-order valence-electron chi connectivity index (χ1n) is 8.98. The van der Waals surface area contributed by atoms with Crippen LogP contribution in [-0.4, -0.2) is 38.8 Å². The van der Waals surface area contributed by atoms with Crippen molar-refractivity contribution in [3.63, 3.8) is 0 Å². The third-order valence-electron chi connectivity index (χ3n) is 4.17. The molecule has 6 nitrogen and oxygen atoms in total. The number of nitrogens with zero attached hydrogens (tertiary/aromatic N) is 1. The highest BCUT2D eigenvalue weighted by Crippen LogP contribution is 2.38. The number of amides is 2. The van der Waals surface area contributed by atoms with Crippen LogP contribution in [-0.2, 0) is 13.1 Å². The van der Waals surface area contributed by atoms with Crippen molar-refractivity contribution in [2.45, 2.75) is 26.4 Å². The van der Waals surface area contributed by atoms with Gasteiger partial charge in [0.25, 0.3) is 0 Å². The summed E-state index contributed by atoms with van der Waals surface area (Å²) < 4.78 is 16.1. The molecule has 0 aliphatic heterocycles. The number of carbonyl (C=O) groups excluding carboxylic acids is 1. The summed E-state index contributed by atoms with van der Waals surface area (Å²) in [4.78, 5) is 14.5. The third kappa shape index (κ3) is 5.54. The smallest absolute Gasteiger partial charge is 0.317 e. The van der Waals surface area contributed by atoms with Crippen molar-refractivity contribution >= 4 is 6.03 Å². The molecule has 0 heterocycles. The van der Waals surface area contributed by atoms with Crippen LogP contribution in [0.15, 0.2) is 42.5 Å². The van der Waals surface area contributed by atoms with Gasteiger partial charge in [0.2, 0.25) is 5.75 Å². The molecule has 2 rings (SSSR count). The minimum Gasteiger partial charge on any atom is -0.493 e. The van der Waals surface area contributed by atoms with Crippen molar-refractivity contribution in [2.75, 3.05) is 27.9 Å². The summed E-state index contributed by atoms with van der Waals surface area (Å²) in [7, 11) is 4.71. The zero-order valence-corrected chi connectivity index (χ0v) is 16.5. The van der Waals surface area contributed by atoms with E-state index in [-0.39, 0.29) is 6.03 Å². The Balaban J connectivity index is 2.08. The highest BCUT2D eigenvalue weighted by molar-refractivity contribution is 5.74. The second kappa shape index (κ2) is 10.3. The van der Waals surface area contributed by atoms with Gasteiger partial charge in [-0.15, -0.1) is 0 Å². The molecule has 6 heteroatoms. The van der Waals surface area contributed by atoms with Gasteiger partial charge in [-0.25, -0.2) is 4.79 Å². The summed E-state index contributed by atoms with van der Waals surface area (Å²) in [5.41, 5.74) is 1.97. The van der Waals surface area contributed by atoms with Crippen LogP contribution in [0.3, 0.4) is 0 Å². The van der Waals surface area contributed by atoms with Gasteiger partial charge in [-0.2, -0.15) is 0 Å². The second-order valence-corrected chi connectivity index (χ2v) is 6.10. The quantitative estimate of drug-likeness (QED) is 0.727. The lowest BCUT2D eigenvalue weighted by molar-refractivity contribution is 0.194. The average Bonchev–Trinajstić information content (AvgIpc) is 2.71. The molecule has 0 aromatic heterocycles. The van der Waals surface area contributed by atoms with Gasteiger partial charge in [-0.1, -0.05) is 37.3 Å². The van der Waals surface area contributed by atoms with Crippen LogP contribution in [0.25, 0.3) is 0 Å². The van der Waals surface area contributed by atoms with Crippen LogP contribution in [0.5, 0.6) is 17.2 Å². The van der Waals surface area contributed by atoms with E-state index in [4.69, 9.17) is 14.2 Å². The molecule has 0 saturated heterocycles. The fraction of sp³-hybridized carbons (Fsp3) is 0.381. The van der Waals surface area contributed by atoms with Crippen molar-refractivity contribution in [1.82, 2.24) is 10.2 Å². The fourth-order valence-electron chi connectivity index (χ4n) is 2.85. The lowest BCUT2D eigenvalue weighted by Crippen LogP contribution is -2.39. The summed E-state index contributed by atoms with van der Waals surface area (Å²) >= 11 is 0. The van der Waals surface area contributed by atoms with Crippen LogP contribution < -0.4 is 19.5 Å². The molecular formula is C21H28N2O4. The number of rotatable bonds is 9. The van der Waals surface area contributed by atoms with Crippen LogP contribution in [0.1, 0.15) is 24.5 Å². The van der Waals surface area contributed by atoms with Gasteiger partial charge in [0.1, 0.15) is 0 Å². The maximum atomic E-state index is 12.7. The normalized spacial score (nSPS) is 10.2. The second-order valence-electron chi connectivity index (χ2n) is 6.10. The van der Waals surface area contributed by atoms with Crippen molar-refractivity contribution in [3.05, 3.63) is 53.6 Å². The zero-order valence-electron chi connectivity index (χ0n) is 16.5. The van der Waals surface area contributed by atoms with Gasteiger partial charge in [-0.05, 0) is 29.7 Å². The minimum absolute atomic E-state index is 0.102. The van der Waals surface area contributed by atoms with E-state index in [0.717, 1.165) is 17.5 Å². The molecule has 0 fully saturated rings. The number of ether oxygens (including phenoxy) is 3. The summed E-state index contributed by atoms with van der Waals surface area (Å²) in [5.74, 6) is 1.67. The first-order chi connectivity index (χ1) is 13.1. The van der Waals surface area contributed by atoms with Gasteiger partial charge < -0.3 is 24.4 Å². The topological polar surface area (TPSA) is 60.0 Å². The molecule has 1 N–H and O–H groups in total. The van der Waals surface area contributed by atoms with Gasteiger partial charge in [0.15, 0.2) is 11.5 Å². The fourth-order valence-corrected chi connectivity index (χ4v) is 2.85. The molecule has 2 aromatic rings. The summed E-state index contributed by atoms with van der Waals surface area (Å²) in [6, 6.07) is 13.5. The summed E-state index contributed by atoms with van der Waals surface area (Å²) in [6.45, 7) is 3.70. The molecule has 146 valence electrons. The number of carbonyl (C=O) groups is 1. The van der Waals surface area contributed by atoms with Gasteiger partial charge in [0, 0.05) is 19.6 Å². The molecule has 0 aliphatic rings. The Bertz CT molecular complexity index is 709. The number of nitrogens with one attached hydrogen (secondary N) is 1. The number of hydrogen-bond acceptors (Lipinski definition) is 4. The lowest BCUT2D eigenvalue weighted by Gasteiger charge is -2.23. The van der Waals surface area contributed by atoms with E-state index < -0.39 is 0 Å². The highest BCUT2D eigenvalue weighted by atomic mass is 16.5. The average molecular weight is 372 g/mol. The Hall–Kier alpha value is -2.89. The maximum Gasteiger partial charge on any atom is 0.317 e. The van der Waals surface area contributed by atoms with Gasteiger partial charge in [-0.3, -0.25) is 0 Å². The Morgan fingerprint density at radius 2 is 1.59 bits per heavy atom. The molecule has 0 spiro atoms. The van der Waals surface area contributed by atoms with E-state index in [9.17, 15) is 4.79 Å².